The summed E-state index contributed by atoms with van der Waals surface area (Å²) < 4.78 is 0. The molecule has 1 aromatic carbocycles. The SMILES string of the molecule is Nc1cc(CCl)ccc1CC(=O)CCl. The fraction of sp³-hybridized carbons (Fsp3) is 0.300. The quantitative estimate of drug-likeness (QED) is 0.639. The molecule has 0 atom stereocenters. The molecular formula is C10H11Cl2NO. The Labute approximate surface area is 93.0 Å². The molecule has 14 heavy (non-hydrogen) atoms. The van der Waals surface area contributed by atoms with E-state index < -0.39 is 0 Å². The smallest absolute Gasteiger partial charge is 0.152 e. The number of hydrogen-bond acceptors (Lipinski definition) is 2. The Kier molecular flexibility index (Phi) is 4.23. The number of halogens is 2. The molecule has 0 unspecified atom stereocenters. The van der Waals surface area contributed by atoms with Gasteiger partial charge in [0.15, 0.2) is 5.78 Å². The van der Waals surface area contributed by atoms with Crippen molar-refractivity contribution >= 4 is 34.7 Å². The third kappa shape index (κ3) is 2.89. The number of carbonyl (C=O) groups excluding carboxylic acids is 1. The molecule has 2 N–H and O–H groups in total. The molecule has 2 nitrogen and oxygen atoms in total. The number of rotatable bonds is 4. The Hall–Kier alpha value is -0.730. The van der Waals surface area contributed by atoms with Crippen molar-refractivity contribution in [3.63, 3.8) is 0 Å². The van der Waals surface area contributed by atoms with E-state index in [0.717, 1.165) is 11.1 Å². The third-order valence-corrected chi connectivity index (χ3v) is 2.51. The minimum Gasteiger partial charge on any atom is -0.398 e. The molecule has 1 aromatic rings. The van der Waals surface area contributed by atoms with E-state index in [1.54, 1.807) is 6.07 Å². The highest BCUT2D eigenvalue weighted by Crippen LogP contribution is 2.16. The zero-order valence-corrected chi connectivity index (χ0v) is 9.11. The Morgan fingerprint density at radius 1 is 1.36 bits per heavy atom. The highest BCUT2D eigenvalue weighted by molar-refractivity contribution is 6.27. The average Bonchev–Trinajstić information content (AvgIpc) is 2.20. The molecule has 0 bridgehead atoms. The Morgan fingerprint density at radius 3 is 2.57 bits per heavy atom. The summed E-state index contributed by atoms with van der Waals surface area (Å²) in [5, 5.41) is 0. The van der Waals surface area contributed by atoms with Gasteiger partial charge in [0.2, 0.25) is 0 Å². The Bertz CT molecular complexity index is 339. The fourth-order valence-electron chi connectivity index (χ4n) is 1.15. The van der Waals surface area contributed by atoms with Gasteiger partial charge >= 0.3 is 0 Å². The zero-order chi connectivity index (χ0) is 10.6. The topological polar surface area (TPSA) is 43.1 Å². The van der Waals surface area contributed by atoms with Crippen molar-refractivity contribution in [2.24, 2.45) is 0 Å². The molecule has 0 aliphatic heterocycles. The van der Waals surface area contributed by atoms with Gasteiger partial charge in [-0.2, -0.15) is 0 Å². The minimum atomic E-state index is -0.0306. The highest BCUT2D eigenvalue weighted by Gasteiger charge is 2.05. The second-order valence-corrected chi connectivity index (χ2v) is 3.55. The molecule has 76 valence electrons. The van der Waals surface area contributed by atoms with Crippen LogP contribution in [-0.2, 0) is 17.1 Å². The molecule has 0 saturated heterocycles. The van der Waals surface area contributed by atoms with E-state index in [1.165, 1.54) is 0 Å². The van der Waals surface area contributed by atoms with Crippen LogP contribution in [0.5, 0.6) is 0 Å². The Morgan fingerprint density at radius 2 is 2.07 bits per heavy atom. The molecule has 1 rings (SSSR count). The molecule has 0 fully saturated rings. The summed E-state index contributed by atoms with van der Waals surface area (Å²) in [6.07, 6.45) is 0.290. The van der Waals surface area contributed by atoms with Crippen molar-refractivity contribution in [3.05, 3.63) is 29.3 Å². The summed E-state index contributed by atoms with van der Waals surface area (Å²) in [5.41, 5.74) is 8.10. The van der Waals surface area contributed by atoms with Crippen LogP contribution in [0.3, 0.4) is 0 Å². The van der Waals surface area contributed by atoms with E-state index in [0.29, 0.717) is 11.6 Å². The van der Waals surface area contributed by atoms with Gasteiger partial charge in [0.25, 0.3) is 0 Å². The lowest BCUT2D eigenvalue weighted by Gasteiger charge is -2.05. The summed E-state index contributed by atoms with van der Waals surface area (Å²) in [5.74, 6) is 0.418. The first-order valence-electron chi connectivity index (χ1n) is 4.18. The van der Waals surface area contributed by atoms with Gasteiger partial charge in [0.05, 0.1) is 5.88 Å². The number of carbonyl (C=O) groups is 1. The van der Waals surface area contributed by atoms with Crippen LogP contribution < -0.4 is 5.73 Å². The zero-order valence-electron chi connectivity index (χ0n) is 7.59. The predicted molar refractivity (Wildman–Crippen MR) is 59.8 cm³/mol. The third-order valence-electron chi connectivity index (χ3n) is 1.90. The second kappa shape index (κ2) is 5.23. The number of nitrogen functional groups attached to an aromatic ring is 1. The number of anilines is 1. The number of nitrogens with two attached hydrogens (primary N) is 1. The minimum absolute atomic E-state index is 0.0245. The number of hydrogen-bond donors (Lipinski definition) is 1. The summed E-state index contributed by atoms with van der Waals surface area (Å²) in [6, 6.07) is 5.46. The molecular weight excluding hydrogens is 221 g/mol. The summed E-state index contributed by atoms with van der Waals surface area (Å²) in [4.78, 5) is 11.1. The molecule has 0 aliphatic rings. The van der Waals surface area contributed by atoms with Crippen molar-refractivity contribution < 1.29 is 4.79 Å². The van der Waals surface area contributed by atoms with Crippen LogP contribution in [0, 0.1) is 0 Å². The molecule has 0 aromatic heterocycles. The van der Waals surface area contributed by atoms with Crippen LogP contribution in [0.2, 0.25) is 0 Å². The van der Waals surface area contributed by atoms with Crippen LogP contribution in [0.25, 0.3) is 0 Å². The van der Waals surface area contributed by atoms with Gasteiger partial charge in [-0.05, 0) is 17.2 Å². The van der Waals surface area contributed by atoms with Gasteiger partial charge in [0, 0.05) is 18.0 Å². The van der Waals surface area contributed by atoms with Crippen molar-refractivity contribution in [1.29, 1.82) is 0 Å². The largest absolute Gasteiger partial charge is 0.398 e. The van der Waals surface area contributed by atoms with Crippen LogP contribution in [0.15, 0.2) is 18.2 Å². The van der Waals surface area contributed by atoms with Gasteiger partial charge in [-0.15, -0.1) is 23.2 Å². The highest BCUT2D eigenvalue weighted by atomic mass is 35.5. The maximum Gasteiger partial charge on any atom is 0.152 e. The van der Waals surface area contributed by atoms with Crippen molar-refractivity contribution in [2.45, 2.75) is 12.3 Å². The van der Waals surface area contributed by atoms with E-state index in [2.05, 4.69) is 0 Å². The lowest BCUT2D eigenvalue weighted by molar-refractivity contribution is -0.116. The molecule has 0 saturated carbocycles. The normalized spacial score (nSPS) is 10.1. The second-order valence-electron chi connectivity index (χ2n) is 3.02. The van der Waals surface area contributed by atoms with Crippen molar-refractivity contribution in [2.75, 3.05) is 11.6 Å². The first-order valence-corrected chi connectivity index (χ1v) is 5.25. The first kappa shape index (κ1) is 11.3. The van der Waals surface area contributed by atoms with Crippen LogP contribution >= 0.6 is 23.2 Å². The van der Waals surface area contributed by atoms with Crippen LogP contribution in [-0.4, -0.2) is 11.7 Å². The molecule has 0 heterocycles. The van der Waals surface area contributed by atoms with E-state index >= 15 is 0 Å². The monoisotopic (exact) mass is 231 g/mol. The van der Waals surface area contributed by atoms with Gasteiger partial charge in [-0.25, -0.2) is 0 Å². The maximum atomic E-state index is 11.1. The standard InChI is InChI=1S/C10H11Cl2NO/c11-5-7-1-2-8(10(13)3-7)4-9(14)6-12/h1-3H,4-6,13H2. The number of benzene rings is 1. The van der Waals surface area contributed by atoms with Gasteiger partial charge < -0.3 is 5.73 Å². The molecule has 0 amide bonds. The van der Waals surface area contributed by atoms with Crippen molar-refractivity contribution in [1.82, 2.24) is 0 Å². The number of ketones is 1. The van der Waals surface area contributed by atoms with E-state index in [4.69, 9.17) is 28.9 Å². The van der Waals surface area contributed by atoms with Crippen molar-refractivity contribution in [3.8, 4) is 0 Å². The maximum absolute atomic E-state index is 11.1. The summed E-state index contributed by atoms with van der Waals surface area (Å²) in [7, 11) is 0. The van der Waals surface area contributed by atoms with E-state index in [-0.39, 0.29) is 18.1 Å². The van der Waals surface area contributed by atoms with Gasteiger partial charge in [0.1, 0.15) is 0 Å². The van der Waals surface area contributed by atoms with E-state index in [1.807, 2.05) is 12.1 Å². The van der Waals surface area contributed by atoms with Gasteiger partial charge in [-0.1, -0.05) is 12.1 Å². The van der Waals surface area contributed by atoms with Crippen LogP contribution in [0.1, 0.15) is 11.1 Å². The molecule has 4 heteroatoms. The Balaban J connectivity index is 2.83. The molecule has 0 radical (unpaired) electrons. The summed E-state index contributed by atoms with van der Waals surface area (Å²) in [6.45, 7) is 0. The predicted octanol–water partition coefficient (Wildman–Crippen LogP) is 2.36. The number of Topliss-reactive ketones (excluding diaryl/α,β-unsaturated/α-hetero) is 1. The summed E-state index contributed by atoms with van der Waals surface area (Å²) >= 11 is 11.0. The lowest BCUT2D eigenvalue weighted by Crippen LogP contribution is -2.06. The number of alkyl halides is 2. The molecule has 0 spiro atoms. The average molecular weight is 232 g/mol. The van der Waals surface area contributed by atoms with E-state index in [9.17, 15) is 4.79 Å². The first-order chi connectivity index (χ1) is 6.67. The fourth-order valence-corrected chi connectivity index (χ4v) is 1.41. The van der Waals surface area contributed by atoms with Crippen LogP contribution in [0.4, 0.5) is 5.69 Å². The van der Waals surface area contributed by atoms with Gasteiger partial charge in [-0.3, -0.25) is 4.79 Å². The molecule has 0 aliphatic carbocycles. The lowest BCUT2D eigenvalue weighted by atomic mass is 10.1.